The van der Waals surface area contributed by atoms with Crippen LogP contribution in [0.5, 0.6) is 5.75 Å². The first-order chi connectivity index (χ1) is 12.3. The van der Waals surface area contributed by atoms with Crippen LogP contribution in [-0.4, -0.2) is 48.6 Å². The van der Waals surface area contributed by atoms with E-state index in [1.165, 1.54) is 0 Å². The Hall–Kier alpha value is -2.15. The van der Waals surface area contributed by atoms with Gasteiger partial charge in [0.25, 0.3) is 0 Å². The molecule has 1 aliphatic rings. The predicted molar refractivity (Wildman–Crippen MR) is 105 cm³/mol. The van der Waals surface area contributed by atoms with Gasteiger partial charge in [0.15, 0.2) is 0 Å². The number of aromatic nitrogens is 1. The molecule has 1 saturated heterocycles. The van der Waals surface area contributed by atoms with Gasteiger partial charge in [-0.15, -0.1) is 12.4 Å². The highest BCUT2D eigenvalue weighted by molar-refractivity contribution is 5.92. The molecule has 7 heteroatoms. The van der Waals surface area contributed by atoms with E-state index in [0.29, 0.717) is 13.2 Å². The van der Waals surface area contributed by atoms with Crippen LogP contribution in [0.4, 0.5) is 5.69 Å². The molecule has 2 heterocycles. The lowest BCUT2D eigenvalue weighted by Gasteiger charge is -2.35. The molecule has 1 atom stereocenters. The monoisotopic (exact) mass is 376 g/mol. The molecule has 0 radical (unpaired) electrons. The van der Waals surface area contributed by atoms with Crippen molar-refractivity contribution in [2.45, 2.75) is 13.0 Å². The van der Waals surface area contributed by atoms with Crippen LogP contribution in [0.3, 0.4) is 0 Å². The molecule has 1 unspecified atom stereocenters. The Morgan fingerprint density at radius 2 is 2.15 bits per heavy atom. The third-order valence-electron chi connectivity index (χ3n) is 4.22. The SMILES string of the molecule is CCOc1ccc(NC(=O)CN2CCNCC2c2cccnc2)cc1.Cl. The van der Waals surface area contributed by atoms with Crippen molar-refractivity contribution >= 4 is 24.0 Å². The molecule has 0 bridgehead atoms. The Labute approximate surface area is 160 Å². The standard InChI is InChI=1S/C19H24N4O2.ClH/c1-2-25-17-7-5-16(6-8-17)22-19(24)14-23-11-10-21-13-18(23)15-4-3-9-20-12-15;/h3-9,12,18,21H,2,10-11,13-14H2,1H3,(H,22,24);1H. The average Bonchev–Trinajstić information content (AvgIpc) is 2.65. The van der Waals surface area contributed by atoms with Gasteiger partial charge in [-0.3, -0.25) is 14.7 Å². The van der Waals surface area contributed by atoms with E-state index in [2.05, 4.69) is 26.6 Å². The smallest absolute Gasteiger partial charge is 0.238 e. The van der Waals surface area contributed by atoms with Crippen LogP contribution in [0.25, 0.3) is 0 Å². The van der Waals surface area contributed by atoms with Crippen molar-refractivity contribution in [2.75, 3.05) is 38.1 Å². The minimum atomic E-state index is -0.0139. The lowest BCUT2D eigenvalue weighted by molar-refractivity contribution is -0.118. The zero-order chi connectivity index (χ0) is 17.5. The van der Waals surface area contributed by atoms with Crippen LogP contribution in [0.1, 0.15) is 18.5 Å². The summed E-state index contributed by atoms with van der Waals surface area (Å²) in [5.74, 6) is 0.791. The van der Waals surface area contributed by atoms with E-state index in [1.54, 1.807) is 6.20 Å². The number of benzene rings is 1. The summed E-state index contributed by atoms with van der Waals surface area (Å²) in [6.45, 7) is 5.46. The van der Waals surface area contributed by atoms with Crippen molar-refractivity contribution in [1.82, 2.24) is 15.2 Å². The Morgan fingerprint density at radius 1 is 1.35 bits per heavy atom. The lowest BCUT2D eigenvalue weighted by atomic mass is 10.1. The molecule has 1 fully saturated rings. The molecule has 6 nitrogen and oxygen atoms in total. The molecule has 0 saturated carbocycles. The van der Waals surface area contributed by atoms with Gasteiger partial charge in [0.2, 0.25) is 5.91 Å². The quantitative estimate of drug-likeness (QED) is 0.810. The first-order valence-electron chi connectivity index (χ1n) is 8.63. The summed E-state index contributed by atoms with van der Waals surface area (Å²) in [6, 6.07) is 11.6. The number of nitrogens with zero attached hydrogens (tertiary/aromatic N) is 2. The fourth-order valence-electron chi connectivity index (χ4n) is 3.02. The largest absolute Gasteiger partial charge is 0.494 e. The Morgan fingerprint density at radius 3 is 2.85 bits per heavy atom. The molecule has 1 aliphatic heterocycles. The fraction of sp³-hybridized carbons (Fsp3) is 0.368. The summed E-state index contributed by atoms with van der Waals surface area (Å²) < 4.78 is 5.42. The van der Waals surface area contributed by atoms with E-state index in [9.17, 15) is 4.79 Å². The van der Waals surface area contributed by atoms with Crippen molar-refractivity contribution in [3.8, 4) is 5.75 Å². The third-order valence-corrected chi connectivity index (χ3v) is 4.22. The average molecular weight is 377 g/mol. The van der Waals surface area contributed by atoms with Crippen LogP contribution in [0.15, 0.2) is 48.8 Å². The van der Waals surface area contributed by atoms with Gasteiger partial charge >= 0.3 is 0 Å². The maximum absolute atomic E-state index is 12.4. The number of nitrogens with one attached hydrogen (secondary N) is 2. The highest BCUT2D eigenvalue weighted by Crippen LogP contribution is 2.21. The number of carbonyl (C=O) groups is 1. The first kappa shape index (κ1) is 20.2. The topological polar surface area (TPSA) is 66.5 Å². The molecule has 2 N–H and O–H groups in total. The molecule has 1 amide bonds. The second-order valence-corrected chi connectivity index (χ2v) is 5.98. The van der Waals surface area contributed by atoms with E-state index >= 15 is 0 Å². The van der Waals surface area contributed by atoms with Gasteiger partial charge in [-0.1, -0.05) is 6.07 Å². The molecule has 140 valence electrons. The molecule has 2 aromatic rings. The number of piperazine rings is 1. The van der Waals surface area contributed by atoms with Crippen molar-refractivity contribution in [3.63, 3.8) is 0 Å². The number of anilines is 1. The number of amides is 1. The van der Waals surface area contributed by atoms with E-state index in [1.807, 2.05) is 43.5 Å². The summed E-state index contributed by atoms with van der Waals surface area (Å²) in [7, 11) is 0. The molecule has 1 aromatic carbocycles. The van der Waals surface area contributed by atoms with E-state index < -0.39 is 0 Å². The van der Waals surface area contributed by atoms with Gasteiger partial charge < -0.3 is 15.4 Å². The summed E-state index contributed by atoms with van der Waals surface area (Å²) in [6.07, 6.45) is 3.64. The van der Waals surface area contributed by atoms with Crippen LogP contribution in [-0.2, 0) is 4.79 Å². The Bertz CT molecular complexity index is 682. The number of hydrogen-bond acceptors (Lipinski definition) is 5. The van der Waals surface area contributed by atoms with Gasteiger partial charge in [-0.25, -0.2) is 0 Å². The highest BCUT2D eigenvalue weighted by atomic mass is 35.5. The van der Waals surface area contributed by atoms with Gasteiger partial charge in [-0.2, -0.15) is 0 Å². The normalized spacial score (nSPS) is 17.2. The van der Waals surface area contributed by atoms with E-state index in [0.717, 1.165) is 36.6 Å². The van der Waals surface area contributed by atoms with Gasteiger partial charge in [0.05, 0.1) is 13.2 Å². The van der Waals surface area contributed by atoms with Gasteiger partial charge in [-0.05, 0) is 42.8 Å². The van der Waals surface area contributed by atoms with Crippen LogP contribution in [0.2, 0.25) is 0 Å². The number of carbonyl (C=O) groups excluding carboxylic acids is 1. The number of hydrogen-bond donors (Lipinski definition) is 2. The summed E-state index contributed by atoms with van der Waals surface area (Å²) in [4.78, 5) is 18.8. The first-order valence-corrected chi connectivity index (χ1v) is 8.63. The second-order valence-electron chi connectivity index (χ2n) is 5.98. The van der Waals surface area contributed by atoms with Crippen molar-refractivity contribution in [1.29, 1.82) is 0 Å². The number of halogens is 1. The van der Waals surface area contributed by atoms with Crippen LogP contribution < -0.4 is 15.4 Å². The van der Waals surface area contributed by atoms with Crippen molar-refractivity contribution < 1.29 is 9.53 Å². The Kier molecular flexibility index (Phi) is 7.84. The third kappa shape index (κ3) is 5.42. The predicted octanol–water partition coefficient (Wildman–Crippen LogP) is 2.49. The summed E-state index contributed by atoms with van der Waals surface area (Å²) >= 11 is 0. The second kappa shape index (κ2) is 10.1. The zero-order valence-electron chi connectivity index (χ0n) is 14.9. The molecule has 0 aliphatic carbocycles. The maximum Gasteiger partial charge on any atom is 0.238 e. The number of ether oxygens (including phenoxy) is 1. The lowest BCUT2D eigenvalue weighted by Crippen LogP contribution is -2.48. The Balaban J connectivity index is 0.00000243. The number of pyridine rings is 1. The zero-order valence-corrected chi connectivity index (χ0v) is 15.7. The molecular formula is C19H25ClN4O2. The summed E-state index contributed by atoms with van der Waals surface area (Å²) in [5, 5.41) is 6.35. The molecule has 3 rings (SSSR count). The van der Waals surface area contributed by atoms with Crippen LogP contribution >= 0.6 is 12.4 Å². The van der Waals surface area contributed by atoms with Crippen molar-refractivity contribution in [3.05, 3.63) is 54.4 Å². The van der Waals surface area contributed by atoms with Gasteiger partial charge in [0.1, 0.15) is 5.75 Å². The summed E-state index contributed by atoms with van der Waals surface area (Å²) in [5.41, 5.74) is 1.91. The van der Waals surface area contributed by atoms with E-state index in [-0.39, 0.29) is 24.4 Å². The maximum atomic E-state index is 12.4. The molecule has 0 spiro atoms. The number of rotatable bonds is 6. The van der Waals surface area contributed by atoms with E-state index in [4.69, 9.17) is 4.74 Å². The highest BCUT2D eigenvalue weighted by Gasteiger charge is 2.25. The van der Waals surface area contributed by atoms with Crippen molar-refractivity contribution in [2.24, 2.45) is 0 Å². The minimum absolute atomic E-state index is 0. The molecule has 1 aromatic heterocycles. The molecule has 26 heavy (non-hydrogen) atoms. The molecular weight excluding hydrogens is 352 g/mol. The fourth-order valence-corrected chi connectivity index (χ4v) is 3.02. The van der Waals surface area contributed by atoms with Crippen LogP contribution in [0, 0.1) is 0 Å². The van der Waals surface area contributed by atoms with Gasteiger partial charge in [0, 0.05) is 43.8 Å². The minimum Gasteiger partial charge on any atom is -0.494 e.